The Bertz CT molecular complexity index is 753. The summed E-state index contributed by atoms with van der Waals surface area (Å²) in [6, 6.07) is 15.8. The van der Waals surface area contributed by atoms with Gasteiger partial charge in [-0.25, -0.2) is 0 Å². The van der Waals surface area contributed by atoms with Gasteiger partial charge in [-0.15, -0.1) is 0 Å². The van der Waals surface area contributed by atoms with Crippen molar-refractivity contribution in [1.82, 2.24) is 0 Å². The van der Waals surface area contributed by atoms with Crippen molar-refractivity contribution in [3.8, 4) is 0 Å². The van der Waals surface area contributed by atoms with Crippen LogP contribution in [0.2, 0.25) is 0 Å². The van der Waals surface area contributed by atoms with Crippen LogP contribution in [-0.4, -0.2) is 31.6 Å². The van der Waals surface area contributed by atoms with Crippen molar-refractivity contribution in [3.05, 3.63) is 71.3 Å². The SMILES string of the molecule is COC(OC)(C(=O)c1ccccc1)C(=O)c1ccccc1C(C)(C)C. The lowest BCUT2D eigenvalue weighted by molar-refractivity contribution is -0.136. The second kappa shape index (κ2) is 7.30. The number of methoxy groups -OCH3 is 2. The van der Waals surface area contributed by atoms with E-state index in [2.05, 4.69) is 0 Å². The molecule has 2 rings (SSSR count). The van der Waals surface area contributed by atoms with E-state index in [9.17, 15) is 9.59 Å². The Morgan fingerprint density at radius 3 is 1.80 bits per heavy atom. The van der Waals surface area contributed by atoms with Crippen LogP contribution in [0.25, 0.3) is 0 Å². The molecule has 0 aliphatic heterocycles. The van der Waals surface area contributed by atoms with E-state index in [1.165, 1.54) is 14.2 Å². The van der Waals surface area contributed by atoms with Crippen molar-refractivity contribution in [2.75, 3.05) is 14.2 Å². The summed E-state index contributed by atoms with van der Waals surface area (Å²) < 4.78 is 10.7. The first-order valence-electron chi connectivity index (χ1n) is 8.12. The zero-order chi connectivity index (χ0) is 18.7. The van der Waals surface area contributed by atoms with Gasteiger partial charge in [-0.05, 0) is 11.0 Å². The molecule has 0 bridgehead atoms. The fourth-order valence-corrected chi connectivity index (χ4v) is 2.85. The molecule has 0 amide bonds. The molecule has 25 heavy (non-hydrogen) atoms. The van der Waals surface area contributed by atoms with Crippen LogP contribution in [0.3, 0.4) is 0 Å². The maximum absolute atomic E-state index is 13.3. The van der Waals surface area contributed by atoms with Crippen molar-refractivity contribution in [2.24, 2.45) is 0 Å². The summed E-state index contributed by atoms with van der Waals surface area (Å²) in [5.41, 5.74) is 1.34. The zero-order valence-corrected chi connectivity index (χ0v) is 15.3. The van der Waals surface area contributed by atoms with E-state index in [1.54, 1.807) is 42.5 Å². The van der Waals surface area contributed by atoms with E-state index >= 15 is 0 Å². The van der Waals surface area contributed by atoms with E-state index in [1.807, 2.05) is 32.9 Å². The minimum atomic E-state index is -2.01. The molecule has 132 valence electrons. The third kappa shape index (κ3) is 3.55. The van der Waals surface area contributed by atoms with Crippen LogP contribution in [0.5, 0.6) is 0 Å². The molecule has 0 heterocycles. The Morgan fingerprint density at radius 1 is 0.760 bits per heavy atom. The average Bonchev–Trinajstić information content (AvgIpc) is 2.63. The third-order valence-electron chi connectivity index (χ3n) is 4.19. The number of rotatable bonds is 6. The van der Waals surface area contributed by atoms with Gasteiger partial charge in [0.15, 0.2) is 0 Å². The summed E-state index contributed by atoms with van der Waals surface area (Å²) >= 11 is 0. The molecule has 2 aromatic carbocycles. The molecule has 0 aliphatic rings. The van der Waals surface area contributed by atoms with Gasteiger partial charge in [-0.3, -0.25) is 9.59 Å². The minimum Gasteiger partial charge on any atom is -0.341 e. The molecule has 0 spiro atoms. The fraction of sp³-hybridized carbons (Fsp3) is 0.333. The molecule has 0 aliphatic carbocycles. The predicted molar refractivity (Wildman–Crippen MR) is 97.0 cm³/mol. The smallest absolute Gasteiger partial charge is 0.299 e. The summed E-state index contributed by atoms with van der Waals surface area (Å²) in [5, 5.41) is 0. The lowest BCUT2D eigenvalue weighted by Gasteiger charge is -2.30. The molecule has 0 saturated heterocycles. The monoisotopic (exact) mass is 340 g/mol. The number of Topliss-reactive ketones (excluding diaryl/α,β-unsaturated/α-hetero) is 2. The second-order valence-electron chi connectivity index (χ2n) is 6.84. The van der Waals surface area contributed by atoms with Crippen molar-refractivity contribution in [1.29, 1.82) is 0 Å². The molecular formula is C21H24O4. The highest BCUT2D eigenvalue weighted by Crippen LogP contribution is 2.31. The summed E-state index contributed by atoms with van der Waals surface area (Å²) in [7, 11) is 2.61. The first-order chi connectivity index (χ1) is 11.8. The predicted octanol–water partition coefficient (Wildman–Crippen LogP) is 4.04. The van der Waals surface area contributed by atoms with Gasteiger partial charge in [0.05, 0.1) is 0 Å². The Morgan fingerprint density at radius 2 is 1.28 bits per heavy atom. The molecule has 0 N–H and O–H groups in total. The van der Waals surface area contributed by atoms with E-state index in [0.29, 0.717) is 11.1 Å². The highest BCUT2D eigenvalue weighted by atomic mass is 16.7. The molecule has 0 aromatic heterocycles. The summed E-state index contributed by atoms with van der Waals surface area (Å²) in [4.78, 5) is 26.4. The van der Waals surface area contributed by atoms with Gasteiger partial charge in [0.2, 0.25) is 11.6 Å². The number of carbonyl (C=O) groups is 2. The molecule has 4 heteroatoms. The number of ketones is 2. The van der Waals surface area contributed by atoms with Crippen molar-refractivity contribution in [2.45, 2.75) is 32.0 Å². The van der Waals surface area contributed by atoms with Crippen LogP contribution in [0, 0.1) is 0 Å². The Balaban J connectivity index is 2.59. The van der Waals surface area contributed by atoms with Crippen molar-refractivity contribution < 1.29 is 19.1 Å². The van der Waals surface area contributed by atoms with E-state index < -0.39 is 17.4 Å². The van der Waals surface area contributed by atoms with E-state index in [0.717, 1.165) is 5.56 Å². The summed E-state index contributed by atoms with van der Waals surface area (Å²) in [5.74, 6) is -3.04. The molecular weight excluding hydrogens is 316 g/mol. The standard InChI is InChI=1S/C21H24O4/c1-20(2,3)17-14-10-9-13-16(17)19(23)21(24-4,25-5)18(22)15-11-7-6-8-12-15/h6-14H,1-5H3. The summed E-state index contributed by atoms with van der Waals surface area (Å²) in [6.45, 7) is 6.04. The second-order valence-corrected chi connectivity index (χ2v) is 6.84. The van der Waals surface area contributed by atoms with Gasteiger partial charge in [0, 0.05) is 25.3 Å². The molecule has 0 unspecified atom stereocenters. The first-order valence-corrected chi connectivity index (χ1v) is 8.12. The van der Waals surface area contributed by atoms with Crippen LogP contribution >= 0.6 is 0 Å². The Hall–Kier alpha value is -2.30. The van der Waals surface area contributed by atoms with Crippen LogP contribution in [0.15, 0.2) is 54.6 Å². The highest BCUT2D eigenvalue weighted by molar-refractivity contribution is 6.21. The molecule has 0 saturated carbocycles. The van der Waals surface area contributed by atoms with Crippen LogP contribution in [-0.2, 0) is 14.9 Å². The third-order valence-corrected chi connectivity index (χ3v) is 4.19. The number of carbonyl (C=O) groups excluding carboxylic acids is 2. The fourth-order valence-electron chi connectivity index (χ4n) is 2.85. The van der Waals surface area contributed by atoms with Gasteiger partial charge in [-0.1, -0.05) is 75.4 Å². The normalized spacial score (nSPS) is 12.0. The zero-order valence-electron chi connectivity index (χ0n) is 15.3. The van der Waals surface area contributed by atoms with Crippen LogP contribution in [0.1, 0.15) is 47.1 Å². The molecule has 0 fully saturated rings. The summed E-state index contributed by atoms with van der Waals surface area (Å²) in [6.07, 6.45) is 0. The first kappa shape index (κ1) is 19.0. The van der Waals surface area contributed by atoms with E-state index in [4.69, 9.17) is 9.47 Å². The topological polar surface area (TPSA) is 52.6 Å². The largest absolute Gasteiger partial charge is 0.341 e. The van der Waals surface area contributed by atoms with Gasteiger partial charge in [0.25, 0.3) is 5.79 Å². The Labute approximate surface area is 148 Å². The number of ether oxygens (including phenoxy) is 2. The van der Waals surface area contributed by atoms with Crippen molar-refractivity contribution in [3.63, 3.8) is 0 Å². The average molecular weight is 340 g/mol. The minimum absolute atomic E-state index is 0.269. The van der Waals surface area contributed by atoms with Gasteiger partial charge in [-0.2, -0.15) is 0 Å². The lowest BCUT2D eigenvalue weighted by Crippen LogP contribution is -2.50. The Kier molecular flexibility index (Phi) is 5.55. The highest BCUT2D eigenvalue weighted by Gasteiger charge is 2.48. The number of hydrogen-bond acceptors (Lipinski definition) is 4. The molecule has 0 radical (unpaired) electrons. The van der Waals surface area contributed by atoms with E-state index in [-0.39, 0.29) is 5.41 Å². The van der Waals surface area contributed by atoms with Crippen LogP contribution in [0.4, 0.5) is 0 Å². The lowest BCUT2D eigenvalue weighted by atomic mass is 9.80. The van der Waals surface area contributed by atoms with Gasteiger partial charge < -0.3 is 9.47 Å². The number of benzene rings is 2. The van der Waals surface area contributed by atoms with Crippen molar-refractivity contribution >= 4 is 11.6 Å². The number of hydrogen-bond donors (Lipinski definition) is 0. The maximum atomic E-state index is 13.3. The van der Waals surface area contributed by atoms with Crippen LogP contribution < -0.4 is 0 Å². The quantitative estimate of drug-likeness (QED) is 0.452. The molecule has 4 nitrogen and oxygen atoms in total. The molecule has 2 aromatic rings. The van der Waals surface area contributed by atoms with Gasteiger partial charge in [0.1, 0.15) is 0 Å². The maximum Gasteiger partial charge on any atom is 0.299 e. The van der Waals surface area contributed by atoms with Gasteiger partial charge >= 0.3 is 0 Å². The molecule has 0 atom stereocenters.